The lowest BCUT2D eigenvalue weighted by molar-refractivity contribution is -0.0499. The Kier molecular flexibility index (Phi) is 4.80. The third-order valence-electron chi connectivity index (χ3n) is 2.07. The molecule has 0 bridgehead atoms. The molecule has 0 aliphatic rings. The van der Waals surface area contributed by atoms with Crippen molar-refractivity contribution < 1.29 is 35.3 Å². The van der Waals surface area contributed by atoms with Gasteiger partial charge in [-0.25, -0.2) is 9.64 Å². The van der Waals surface area contributed by atoms with Gasteiger partial charge >= 0.3 is 21.6 Å². The van der Waals surface area contributed by atoms with Crippen molar-refractivity contribution in [2.45, 2.75) is 12.4 Å². The highest BCUT2D eigenvalue weighted by molar-refractivity contribution is 7.88. The number of alkyl halides is 3. The molecule has 0 amide bonds. The standard InChI is InChI=1S/C11H8F3NO5S/c1-3-19-10(16)7-4-5-9(8(6-7)15-2)20-21(17,18)11(12,13)14/h4-6H,3H2,1H3. The summed E-state index contributed by atoms with van der Waals surface area (Å²) >= 11 is 0. The van der Waals surface area contributed by atoms with E-state index in [2.05, 4.69) is 13.8 Å². The van der Waals surface area contributed by atoms with E-state index in [0.29, 0.717) is 0 Å². The minimum atomic E-state index is -5.89. The van der Waals surface area contributed by atoms with Gasteiger partial charge in [-0.2, -0.15) is 21.6 Å². The van der Waals surface area contributed by atoms with Crippen molar-refractivity contribution in [3.8, 4) is 5.75 Å². The van der Waals surface area contributed by atoms with Gasteiger partial charge in [0.1, 0.15) is 5.75 Å². The number of ether oxygens (including phenoxy) is 1. The molecule has 0 atom stereocenters. The SMILES string of the molecule is [C-]#[N+]c1cc(C(=O)OCC)ccc1OS(=O)(=O)C(F)(F)F. The summed E-state index contributed by atoms with van der Waals surface area (Å²) in [5, 5.41) is 0. The van der Waals surface area contributed by atoms with Crippen LogP contribution < -0.4 is 4.18 Å². The number of benzene rings is 1. The quantitative estimate of drug-likeness (QED) is 0.368. The van der Waals surface area contributed by atoms with Crippen LogP contribution in [-0.4, -0.2) is 26.5 Å². The first-order valence-corrected chi connectivity index (χ1v) is 6.72. The summed E-state index contributed by atoms with van der Waals surface area (Å²) in [6, 6.07) is 2.66. The zero-order valence-corrected chi connectivity index (χ0v) is 11.3. The highest BCUT2D eigenvalue weighted by Gasteiger charge is 2.48. The molecule has 0 aromatic heterocycles. The van der Waals surface area contributed by atoms with Crippen molar-refractivity contribution in [3.63, 3.8) is 0 Å². The number of hydrogen-bond acceptors (Lipinski definition) is 5. The molecule has 114 valence electrons. The van der Waals surface area contributed by atoms with E-state index in [4.69, 9.17) is 6.57 Å². The van der Waals surface area contributed by atoms with Crippen LogP contribution in [0.15, 0.2) is 18.2 Å². The maximum atomic E-state index is 12.2. The number of rotatable bonds is 4. The molecule has 0 heterocycles. The van der Waals surface area contributed by atoms with Crippen LogP contribution in [-0.2, 0) is 14.9 Å². The van der Waals surface area contributed by atoms with Gasteiger partial charge in [0, 0.05) is 5.56 Å². The highest BCUT2D eigenvalue weighted by atomic mass is 32.2. The summed E-state index contributed by atoms with van der Waals surface area (Å²) in [5.74, 6) is -1.62. The molecule has 0 radical (unpaired) electrons. The first-order valence-electron chi connectivity index (χ1n) is 5.31. The molecule has 21 heavy (non-hydrogen) atoms. The minimum absolute atomic E-state index is 0.0624. The summed E-state index contributed by atoms with van der Waals surface area (Å²) in [5.41, 5.74) is -6.29. The van der Waals surface area contributed by atoms with E-state index >= 15 is 0 Å². The van der Waals surface area contributed by atoms with Crippen LogP contribution in [0.25, 0.3) is 4.85 Å². The van der Waals surface area contributed by atoms with E-state index in [1.165, 1.54) is 0 Å². The fourth-order valence-corrected chi connectivity index (χ4v) is 1.65. The van der Waals surface area contributed by atoms with E-state index in [0.717, 1.165) is 18.2 Å². The third kappa shape index (κ3) is 3.85. The predicted octanol–water partition coefficient (Wildman–Crippen LogP) is 2.64. The maximum Gasteiger partial charge on any atom is 0.534 e. The number of carbonyl (C=O) groups is 1. The molecule has 0 N–H and O–H groups in total. The largest absolute Gasteiger partial charge is 0.534 e. The maximum absolute atomic E-state index is 12.2. The van der Waals surface area contributed by atoms with Crippen LogP contribution in [0.1, 0.15) is 17.3 Å². The van der Waals surface area contributed by atoms with E-state index in [1.807, 2.05) is 0 Å². The normalized spacial score (nSPS) is 11.6. The Morgan fingerprint density at radius 1 is 1.38 bits per heavy atom. The first kappa shape index (κ1) is 16.8. The number of carbonyl (C=O) groups excluding carboxylic acids is 1. The van der Waals surface area contributed by atoms with Crippen LogP contribution in [0.3, 0.4) is 0 Å². The van der Waals surface area contributed by atoms with Gasteiger partial charge in [0.25, 0.3) is 0 Å². The van der Waals surface area contributed by atoms with Crippen LogP contribution >= 0.6 is 0 Å². The second kappa shape index (κ2) is 6.01. The molecule has 0 saturated carbocycles. The fourth-order valence-electron chi connectivity index (χ4n) is 1.18. The van der Waals surface area contributed by atoms with Crippen molar-refractivity contribution in [1.82, 2.24) is 0 Å². The van der Waals surface area contributed by atoms with Crippen molar-refractivity contribution in [2.24, 2.45) is 0 Å². The minimum Gasteiger partial charge on any atom is -0.462 e. The monoisotopic (exact) mass is 323 g/mol. The highest BCUT2D eigenvalue weighted by Crippen LogP contribution is 2.34. The molecule has 1 rings (SSSR count). The van der Waals surface area contributed by atoms with Gasteiger partial charge in [-0.15, -0.1) is 0 Å². The van der Waals surface area contributed by atoms with E-state index in [9.17, 15) is 26.4 Å². The molecular formula is C11H8F3NO5S. The molecule has 10 heteroatoms. The van der Waals surface area contributed by atoms with Crippen molar-refractivity contribution in [2.75, 3.05) is 6.61 Å². The van der Waals surface area contributed by atoms with Crippen LogP contribution in [0.5, 0.6) is 5.75 Å². The number of esters is 1. The summed E-state index contributed by atoms with van der Waals surface area (Å²) in [6.45, 7) is 8.41. The second-order valence-electron chi connectivity index (χ2n) is 3.50. The number of hydrogen-bond donors (Lipinski definition) is 0. The Morgan fingerprint density at radius 2 is 2.00 bits per heavy atom. The molecular weight excluding hydrogens is 315 g/mol. The van der Waals surface area contributed by atoms with Gasteiger partial charge in [0.2, 0.25) is 5.69 Å². The smallest absolute Gasteiger partial charge is 0.462 e. The van der Waals surface area contributed by atoms with Crippen molar-refractivity contribution >= 4 is 21.8 Å². The summed E-state index contributed by atoms with van der Waals surface area (Å²) in [6.07, 6.45) is 0. The molecule has 0 fully saturated rings. The Bertz CT molecular complexity index is 691. The molecule has 1 aromatic carbocycles. The lowest BCUT2D eigenvalue weighted by Gasteiger charge is -2.11. The van der Waals surface area contributed by atoms with Gasteiger partial charge in [-0.3, -0.25) is 0 Å². The first-order chi connectivity index (χ1) is 9.62. The van der Waals surface area contributed by atoms with Gasteiger partial charge in [0.15, 0.2) is 0 Å². The Hall–Kier alpha value is -2.28. The van der Waals surface area contributed by atoms with Crippen LogP contribution in [0, 0.1) is 6.57 Å². The van der Waals surface area contributed by atoms with E-state index in [1.54, 1.807) is 6.92 Å². The van der Waals surface area contributed by atoms with E-state index < -0.39 is 33.0 Å². The fraction of sp³-hybridized carbons (Fsp3) is 0.273. The van der Waals surface area contributed by atoms with Gasteiger partial charge in [-0.1, -0.05) is 0 Å². The molecule has 0 aliphatic heterocycles. The Morgan fingerprint density at radius 3 is 2.48 bits per heavy atom. The third-order valence-corrected chi connectivity index (χ3v) is 3.04. The second-order valence-corrected chi connectivity index (χ2v) is 5.04. The van der Waals surface area contributed by atoms with Gasteiger partial charge in [0.05, 0.1) is 13.2 Å². The van der Waals surface area contributed by atoms with Crippen molar-refractivity contribution in [1.29, 1.82) is 0 Å². The predicted molar refractivity (Wildman–Crippen MR) is 64.3 cm³/mol. The van der Waals surface area contributed by atoms with Crippen LogP contribution in [0.2, 0.25) is 0 Å². The zero-order valence-electron chi connectivity index (χ0n) is 10.5. The molecule has 1 aromatic rings. The summed E-state index contributed by atoms with van der Waals surface area (Å²) in [4.78, 5) is 14.2. The molecule has 0 spiro atoms. The number of halogens is 3. The Balaban J connectivity index is 3.18. The average Bonchev–Trinajstić information content (AvgIpc) is 2.37. The summed E-state index contributed by atoms with van der Waals surface area (Å²) < 4.78 is 66.8. The van der Waals surface area contributed by atoms with Gasteiger partial charge < -0.3 is 8.92 Å². The molecule has 6 nitrogen and oxygen atoms in total. The van der Waals surface area contributed by atoms with Crippen molar-refractivity contribution in [3.05, 3.63) is 35.2 Å². The summed E-state index contributed by atoms with van der Waals surface area (Å²) in [7, 11) is -5.89. The zero-order chi connectivity index (χ0) is 16.3. The topological polar surface area (TPSA) is 74.0 Å². The molecule has 0 unspecified atom stereocenters. The lowest BCUT2D eigenvalue weighted by atomic mass is 10.2. The Labute approximate surface area is 118 Å². The number of nitrogens with zero attached hydrogens (tertiary/aromatic N) is 1. The van der Waals surface area contributed by atoms with Crippen LogP contribution in [0.4, 0.5) is 18.9 Å². The average molecular weight is 323 g/mol. The molecule has 0 saturated heterocycles. The van der Waals surface area contributed by atoms with E-state index in [-0.39, 0.29) is 12.2 Å². The lowest BCUT2D eigenvalue weighted by Crippen LogP contribution is -2.28. The van der Waals surface area contributed by atoms with Gasteiger partial charge in [-0.05, 0) is 25.1 Å². The molecule has 0 aliphatic carbocycles.